The highest BCUT2D eigenvalue weighted by molar-refractivity contribution is 5.93. The minimum Gasteiger partial charge on any atom is -0.478 e. The first-order chi connectivity index (χ1) is 8.13. The number of rotatable bonds is 1. The lowest BCUT2D eigenvalue weighted by Gasteiger charge is -2.28. The number of terminal acetylenes is 1. The molecule has 1 aliphatic heterocycles. The number of nitrogens with zero attached hydrogens (tertiary/aromatic N) is 1. The van der Waals surface area contributed by atoms with Crippen LogP contribution in [0.4, 0.5) is 0 Å². The van der Waals surface area contributed by atoms with Gasteiger partial charge in [-0.3, -0.25) is 4.79 Å². The predicted molar refractivity (Wildman–Crippen MR) is 61.4 cm³/mol. The largest absolute Gasteiger partial charge is 0.478 e. The molecule has 1 amide bonds. The Morgan fingerprint density at radius 3 is 2.82 bits per heavy atom. The molecule has 4 heteroatoms. The zero-order chi connectivity index (χ0) is 12.4. The second-order valence-corrected chi connectivity index (χ2v) is 3.87. The van der Waals surface area contributed by atoms with E-state index in [1.807, 2.05) is 6.07 Å². The van der Waals surface area contributed by atoms with Crippen LogP contribution >= 0.6 is 0 Å². The van der Waals surface area contributed by atoms with Crippen LogP contribution in [0.15, 0.2) is 18.2 Å². The van der Waals surface area contributed by atoms with Gasteiger partial charge in [0.1, 0.15) is 0 Å². The van der Waals surface area contributed by atoms with E-state index in [0.717, 1.165) is 11.1 Å². The van der Waals surface area contributed by atoms with Crippen LogP contribution in [0.25, 0.3) is 0 Å². The molecular formula is C13H11NO3. The van der Waals surface area contributed by atoms with Gasteiger partial charge in [-0.05, 0) is 29.5 Å². The molecule has 0 saturated carbocycles. The lowest BCUT2D eigenvalue weighted by Crippen LogP contribution is -2.35. The summed E-state index contributed by atoms with van der Waals surface area (Å²) in [5.41, 5.74) is 1.98. The third kappa shape index (κ3) is 2.00. The van der Waals surface area contributed by atoms with Crippen LogP contribution in [0.5, 0.6) is 0 Å². The van der Waals surface area contributed by atoms with Gasteiger partial charge in [0.2, 0.25) is 0 Å². The van der Waals surface area contributed by atoms with Gasteiger partial charge >= 0.3 is 5.97 Å². The molecule has 0 saturated heterocycles. The lowest BCUT2D eigenvalue weighted by atomic mass is 9.94. The van der Waals surface area contributed by atoms with Crippen molar-refractivity contribution in [2.24, 2.45) is 0 Å². The van der Waals surface area contributed by atoms with Crippen molar-refractivity contribution < 1.29 is 14.7 Å². The molecule has 0 fully saturated rings. The quantitative estimate of drug-likeness (QED) is 0.728. The van der Waals surface area contributed by atoms with Gasteiger partial charge < -0.3 is 10.0 Å². The van der Waals surface area contributed by atoms with Crippen molar-refractivity contribution in [2.45, 2.75) is 13.0 Å². The van der Waals surface area contributed by atoms with E-state index < -0.39 is 5.97 Å². The number of benzene rings is 1. The number of carboxylic acid groups (broad SMARTS) is 1. The molecule has 1 aromatic rings. The number of hydrogen-bond donors (Lipinski definition) is 1. The summed E-state index contributed by atoms with van der Waals surface area (Å²) in [6.07, 6.45) is 5.60. The highest BCUT2D eigenvalue weighted by atomic mass is 16.4. The molecule has 1 aromatic carbocycles. The van der Waals surface area contributed by atoms with Gasteiger partial charge in [-0.25, -0.2) is 4.79 Å². The molecule has 0 radical (unpaired) electrons. The van der Waals surface area contributed by atoms with Gasteiger partial charge in [-0.2, -0.15) is 0 Å². The Labute approximate surface area is 98.9 Å². The zero-order valence-electron chi connectivity index (χ0n) is 9.14. The first-order valence-electron chi connectivity index (χ1n) is 5.23. The summed E-state index contributed by atoms with van der Waals surface area (Å²) in [6, 6.07) is 5.10. The highest BCUT2D eigenvalue weighted by Gasteiger charge is 2.23. The predicted octanol–water partition coefficient (Wildman–Crippen LogP) is 0.903. The van der Waals surface area contributed by atoms with Crippen molar-refractivity contribution in [3.63, 3.8) is 0 Å². The zero-order valence-corrected chi connectivity index (χ0v) is 9.14. The van der Waals surface area contributed by atoms with Gasteiger partial charge in [-0.1, -0.05) is 12.1 Å². The molecule has 0 atom stereocenters. The molecule has 0 aliphatic carbocycles. The van der Waals surface area contributed by atoms with E-state index in [1.54, 1.807) is 17.0 Å². The van der Waals surface area contributed by atoms with Crippen LogP contribution in [-0.4, -0.2) is 28.4 Å². The van der Waals surface area contributed by atoms with E-state index >= 15 is 0 Å². The van der Waals surface area contributed by atoms with E-state index in [1.165, 1.54) is 0 Å². The van der Waals surface area contributed by atoms with Crippen molar-refractivity contribution in [3.8, 4) is 12.3 Å². The van der Waals surface area contributed by atoms with Crippen LogP contribution in [0.2, 0.25) is 0 Å². The maximum Gasteiger partial charge on any atom is 0.335 e. The van der Waals surface area contributed by atoms with E-state index in [9.17, 15) is 9.59 Å². The molecule has 17 heavy (non-hydrogen) atoms. The minimum atomic E-state index is -0.932. The summed E-state index contributed by atoms with van der Waals surface area (Å²) in [4.78, 5) is 24.0. The van der Waals surface area contributed by atoms with Gasteiger partial charge in [0.15, 0.2) is 0 Å². The monoisotopic (exact) mass is 229 g/mol. The Morgan fingerprint density at radius 1 is 1.41 bits per heavy atom. The van der Waals surface area contributed by atoms with E-state index in [-0.39, 0.29) is 5.91 Å². The summed E-state index contributed by atoms with van der Waals surface area (Å²) in [5.74, 6) is 0.791. The van der Waals surface area contributed by atoms with Crippen LogP contribution < -0.4 is 0 Å². The normalized spacial score (nSPS) is 13.7. The molecule has 0 spiro atoms. The number of hydrogen-bond acceptors (Lipinski definition) is 2. The molecule has 1 N–H and O–H groups in total. The third-order valence-electron chi connectivity index (χ3n) is 2.91. The van der Waals surface area contributed by atoms with Crippen molar-refractivity contribution in [3.05, 3.63) is 34.9 Å². The molecule has 0 aromatic heterocycles. The fourth-order valence-corrected chi connectivity index (χ4v) is 2.07. The molecule has 2 rings (SSSR count). The van der Waals surface area contributed by atoms with Crippen molar-refractivity contribution in [1.29, 1.82) is 0 Å². The fourth-order valence-electron chi connectivity index (χ4n) is 2.07. The molecule has 86 valence electrons. The Bertz CT molecular complexity index is 528. The van der Waals surface area contributed by atoms with Crippen LogP contribution in [0, 0.1) is 12.3 Å². The number of aromatic carboxylic acids is 1. The average Bonchev–Trinajstić information content (AvgIpc) is 2.36. The van der Waals surface area contributed by atoms with E-state index in [4.69, 9.17) is 11.5 Å². The summed E-state index contributed by atoms with van der Waals surface area (Å²) < 4.78 is 0. The Balaban J connectivity index is 2.35. The van der Waals surface area contributed by atoms with Crippen molar-refractivity contribution in [1.82, 2.24) is 4.90 Å². The van der Waals surface area contributed by atoms with Crippen LogP contribution in [0.3, 0.4) is 0 Å². The highest BCUT2D eigenvalue weighted by Crippen LogP contribution is 2.22. The average molecular weight is 229 g/mol. The maximum absolute atomic E-state index is 11.4. The number of carbonyl (C=O) groups excluding carboxylic acids is 1. The van der Waals surface area contributed by atoms with Gasteiger partial charge in [0, 0.05) is 13.1 Å². The molecule has 1 heterocycles. The lowest BCUT2D eigenvalue weighted by molar-refractivity contribution is -0.125. The number of carboxylic acids is 1. The summed E-state index contributed by atoms with van der Waals surface area (Å²) in [7, 11) is 0. The van der Waals surface area contributed by atoms with Gasteiger partial charge in [0.25, 0.3) is 5.91 Å². The molecule has 4 nitrogen and oxygen atoms in total. The fraction of sp³-hybridized carbons (Fsp3) is 0.231. The minimum absolute atomic E-state index is 0.315. The second-order valence-electron chi connectivity index (χ2n) is 3.87. The Hall–Kier alpha value is -2.28. The second kappa shape index (κ2) is 4.30. The number of carbonyl (C=O) groups is 2. The standard InChI is InChI=1S/C13H11NO3/c1-2-12(15)14-7-6-10-9(8-14)4-3-5-11(10)13(16)17/h1,3-5H,6-8H2,(H,16,17). The van der Waals surface area contributed by atoms with Crippen LogP contribution in [-0.2, 0) is 17.8 Å². The Kier molecular flexibility index (Phi) is 2.84. The Morgan fingerprint density at radius 2 is 2.18 bits per heavy atom. The topological polar surface area (TPSA) is 57.6 Å². The first kappa shape index (κ1) is 11.2. The first-order valence-corrected chi connectivity index (χ1v) is 5.23. The summed E-state index contributed by atoms with van der Waals surface area (Å²) in [5, 5.41) is 9.05. The van der Waals surface area contributed by atoms with Crippen molar-refractivity contribution in [2.75, 3.05) is 6.54 Å². The molecule has 1 aliphatic rings. The number of fused-ring (bicyclic) bond motifs is 1. The van der Waals surface area contributed by atoms with Crippen molar-refractivity contribution >= 4 is 11.9 Å². The molecule has 0 bridgehead atoms. The van der Waals surface area contributed by atoms with E-state index in [0.29, 0.717) is 25.1 Å². The summed E-state index contributed by atoms with van der Waals surface area (Å²) in [6.45, 7) is 0.861. The maximum atomic E-state index is 11.4. The van der Waals surface area contributed by atoms with Gasteiger partial charge in [-0.15, -0.1) is 6.42 Å². The van der Waals surface area contributed by atoms with E-state index in [2.05, 4.69) is 5.92 Å². The summed E-state index contributed by atoms with van der Waals surface area (Å²) >= 11 is 0. The molecular weight excluding hydrogens is 218 g/mol. The van der Waals surface area contributed by atoms with Gasteiger partial charge in [0.05, 0.1) is 5.56 Å². The van der Waals surface area contributed by atoms with Crippen LogP contribution in [0.1, 0.15) is 21.5 Å². The molecule has 0 unspecified atom stereocenters. The third-order valence-corrected chi connectivity index (χ3v) is 2.91. The smallest absolute Gasteiger partial charge is 0.335 e. The SMILES string of the molecule is C#CC(=O)N1CCc2c(cccc2C(=O)O)C1. The number of amides is 1.